The van der Waals surface area contributed by atoms with Gasteiger partial charge in [0.05, 0.1) is 6.54 Å². The van der Waals surface area contributed by atoms with Crippen LogP contribution in [0.3, 0.4) is 0 Å². The Balaban J connectivity index is 1.60. The Morgan fingerprint density at radius 2 is 1.95 bits per heavy atom. The van der Waals surface area contributed by atoms with Crippen LogP contribution < -0.4 is 10.1 Å². The Bertz CT molecular complexity index is 545. The molecule has 2 aliphatic rings. The van der Waals surface area contributed by atoms with Crippen LogP contribution in [0.2, 0.25) is 0 Å². The molecule has 0 aromatic carbocycles. The van der Waals surface area contributed by atoms with E-state index in [9.17, 15) is 8.42 Å². The number of sulfonamides is 1. The van der Waals surface area contributed by atoms with Crippen molar-refractivity contribution in [3.63, 3.8) is 0 Å². The van der Waals surface area contributed by atoms with Crippen LogP contribution in [0.1, 0.15) is 37.9 Å². The summed E-state index contributed by atoms with van der Waals surface area (Å²) >= 11 is 0. The number of furan rings is 1. The van der Waals surface area contributed by atoms with Crippen molar-refractivity contribution in [1.82, 2.24) is 15.2 Å². The topological polar surface area (TPSA) is 74.6 Å². The largest absolute Gasteiger partial charge is 0.447 e. The van der Waals surface area contributed by atoms with Crippen molar-refractivity contribution in [3.05, 3.63) is 17.9 Å². The molecule has 20 heavy (non-hydrogen) atoms. The van der Waals surface area contributed by atoms with E-state index in [1.54, 1.807) is 11.1 Å². The van der Waals surface area contributed by atoms with Gasteiger partial charge in [0.15, 0.2) is 0 Å². The molecule has 7 heteroatoms. The Hall–Kier alpha value is -0.890. The lowest BCUT2D eigenvalue weighted by molar-refractivity contribution is 0.198. The zero-order chi connectivity index (χ0) is 14.0. The second kappa shape index (κ2) is 5.85. The van der Waals surface area contributed by atoms with E-state index in [2.05, 4.69) is 10.1 Å². The van der Waals surface area contributed by atoms with E-state index in [0.717, 1.165) is 32.4 Å². The molecule has 1 aromatic rings. The summed E-state index contributed by atoms with van der Waals surface area (Å²) in [6.07, 6.45) is 5.61. The summed E-state index contributed by atoms with van der Waals surface area (Å²) in [5, 5.41) is 5.05. The Kier molecular flexibility index (Phi) is 4.11. The summed E-state index contributed by atoms with van der Waals surface area (Å²) in [5.74, 6) is 0.663. The van der Waals surface area contributed by atoms with E-state index < -0.39 is 10.0 Å². The molecule has 1 saturated heterocycles. The number of hydrazine groups is 1. The van der Waals surface area contributed by atoms with Gasteiger partial charge in [-0.25, -0.2) is 13.4 Å². The smallest absolute Gasteiger partial charge is 0.286 e. The first-order chi connectivity index (χ1) is 9.63. The Morgan fingerprint density at radius 3 is 2.65 bits per heavy atom. The Labute approximate surface area is 119 Å². The molecule has 0 spiro atoms. The minimum absolute atomic E-state index is 0.00401. The lowest BCUT2D eigenvalue weighted by atomic mass is 10.2. The van der Waals surface area contributed by atoms with Crippen LogP contribution in [0.5, 0.6) is 0 Å². The average Bonchev–Trinajstić information content (AvgIpc) is 3.13. The van der Waals surface area contributed by atoms with Gasteiger partial charge in [0.1, 0.15) is 5.76 Å². The second-order valence-electron chi connectivity index (χ2n) is 5.52. The van der Waals surface area contributed by atoms with Crippen molar-refractivity contribution >= 4 is 10.0 Å². The van der Waals surface area contributed by atoms with E-state index in [4.69, 9.17) is 4.42 Å². The molecule has 1 aromatic heterocycles. The average molecular weight is 299 g/mol. The van der Waals surface area contributed by atoms with Gasteiger partial charge in [0.25, 0.3) is 10.0 Å². The molecule has 0 unspecified atom stereocenters. The van der Waals surface area contributed by atoms with E-state index in [1.807, 2.05) is 0 Å². The maximum absolute atomic E-state index is 12.2. The fraction of sp³-hybridized carbons (Fsp3) is 0.692. The summed E-state index contributed by atoms with van der Waals surface area (Å²) in [7, 11) is -3.58. The van der Waals surface area contributed by atoms with Gasteiger partial charge < -0.3 is 9.73 Å². The van der Waals surface area contributed by atoms with Gasteiger partial charge >= 0.3 is 0 Å². The van der Waals surface area contributed by atoms with Crippen LogP contribution in [0.15, 0.2) is 21.6 Å². The third kappa shape index (κ3) is 3.60. The molecule has 0 amide bonds. The van der Waals surface area contributed by atoms with Crippen molar-refractivity contribution in [1.29, 1.82) is 0 Å². The number of piperidine rings is 1. The van der Waals surface area contributed by atoms with Crippen molar-refractivity contribution < 1.29 is 12.8 Å². The third-order valence-electron chi connectivity index (χ3n) is 3.65. The predicted molar refractivity (Wildman–Crippen MR) is 74.3 cm³/mol. The summed E-state index contributed by atoms with van der Waals surface area (Å²) in [5.41, 5.74) is 0. The van der Waals surface area contributed by atoms with Gasteiger partial charge in [-0.3, -0.25) is 0 Å². The van der Waals surface area contributed by atoms with Crippen LogP contribution in [-0.2, 0) is 16.6 Å². The fourth-order valence-electron chi connectivity index (χ4n) is 2.33. The van der Waals surface area contributed by atoms with E-state index >= 15 is 0 Å². The molecule has 112 valence electrons. The first kappa shape index (κ1) is 14.1. The molecular weight excluding hydrogens is 278 g/mol. The van der Waals surface area contributed by atoms with Crippen molar-refractivity contribution in [2.45, 2.75) is 49.8 Å². The van der Waals surface area contributed by atoms with E-state index in [1.165, 1.54) is 18.9 Å². The highest BCUT2D eigenvalue weighted by Crippen LogP contribution is 2.20. The SMILES string of the molecule is O=S(=O)(NN1CCCCC1)c1ccc(CNC2CC2)o1. The Morgan fingerprint density at radius 1 is 1.20 bits per heavy atom. The summed E-state index contributed by atoms with van der Waals surface area (Å²) in [6.45, 7) is 2.11. The van der Waals surface area contributed by atoms with Crippen LogP contribution in [0, 0.1) is 0 Å². The molecule has 3 rings (SSSR count). The molecule has 1 saturated carbocycles. The van der Waals surface area contributed by atoms with Crippen molar-refractivity contribution in [2.24, 2.45) is 0 Å². The van der Waals surface area contributed by atoms with Gasteiger partial charge in [-0.05, 0) is 37.8 Å². The molecule has 2 N–H and O–H groups in total. The lowest BCUT2D eigenvalue weighted by Gasteiger charge is -2.25. The first-order valence-electron chi connectivity index (χ1n) is 7.23. The fourth-order valence-corrected chi connectivity index (χ4v) is 3.41. The predicted octanol–water partition coefficient (Wildman–Crippen LogP) is 1.21. The van der Waals surface area contributed by atoms with Crippen molar-refractivity contribution in [3.8, 4) is 0 Å². The van der Waals surface area contributed by atoms with E-state index in [0.29, 0.717) is 18.3 Å². The van der Waals surface area contributed by atoms with Gasteiger partial charge in [-0.1, -0.05) is 6.42 Å². The highest BCUT2D eigenvalue weighted by atomic mass is 32.2. The van der Waals surface area contributed by atoms with Crippen LogP contribution >= 0.6 is 0 Å². The van der Waals surface area contributed by atoms with Gasteiger partial charge in [0.2, 0.25) is 5.09 Å². The quantitative estimate of drug-likeness (QED) is 0.826. The van der Waals surface area contributed by atoms with Crippen LogP contribution in [0.4, 0.5) is 0 Å². The number of rotatable bonds is 6. The van der Waals surface area contributed by atoms with Gasteiger partial charge in [-0.15, -0.1) is 4.83 Å². The highest BCUT2D eigenvalue weighted by molar-refractivity contribution is 7.89. The van der Waals surface area contributed by atoms with Gasteiger partial charge in [0, 0.05) is 19.1 Å². The third-order valence-corrected chi connectivity index (χ3v) is 4.90. The molecule has 1 aliphatic heterocycles. The monoisotopic (exact) mass is 299 g/mol. The molecular formula is C13H21N3O3S. The molecule has 6 nitrogen and oxygen atoms in total. The maximum atomic E-state index is 12.2. The summed E-state index contributed by atoms with van der Waals surface area (Å²) in [6, 6.07) is 3.82. The molecule has 0 radical (unpaired) electrons. The van der Waals surface area contributed by atoms with Crippen LogP contribution in [0.25, 0.3) is 0 Å². The standard InChI is InChI=1S/C13H21N3O3S/c17-20(18,15-16-8-2-1-3-9-16)13-7-6-12(19-13)10-14-11-4-5-11/h6-7,11,14-15H,1-5,8-10H2. The lowest BCUT2D eigenvalue weighted by Crippen LogP contribution is -2.44. The van der Waals surface area contributed by atoms with Crippen LogP contribution in [-0.4, -0.2) is 32.6 Å². The zero-order valence-corrected chi connectivity index (χ0v) is 12.3. The summed E-state index contributed by atoms with van der Waals surface area (Å²) < 4.78 is 29.8. The zero-order valence-electron chi connectivity index (χ0n) is 11.5. The molecule has 1 aliphatic carbocycles. The first-order valence-corrected chi connectivity index (χ1v) is 8.71. The molecule has 2 heterocycles. The van der Waals surface area contributed by atoms with Crippen molar-refractivity contribution in [2.75, 3.05) is 13.1 Å². The number of hydrogen-bond donors (Lipinski definition) is 2. The highest BCUT2D eigenvalue weighted by Gasteiger charge is 2.24. The summed E-state index contributed by atoms with van der Waals surface area (Å²) in [4.78, 5) is 2.59. The number of nitrogens with zero attached hydrogens (tertiary/aromatic N) is 1. The van der Waals surface area contributed by atoms with E-state index in [-0.39, 0.29) is 5.09 Å². The number of nitrogens with one attached hydrogen (secondary N) is 2. The molecule has 0 bridgehead atoms. The number of hydrogen-bond acceptors (Lipinski definition) is 5. The molecule has 2 fully saturated rings. The second-order valence-corrected chi connectivity index (χ2v) is 7.11. The normalized spacial score (nSPS) is 21.2. The minimum atomic E-state index is -3.58. The maximum Gasteiger partial charge on any atom is 0.286 e. The molecule has 0 atom stereocenters. The minimum Gasteiger partial charge on any atom is -0.447 e. The van der Waals surface area contributed by atoms with Gasteiger partial charge in [-0.2, -0.15) is 0 Å².